The van der Waals surface area contributed by atoms with Gasteiger partial charge in [-0.15, -0.1) is 0 Å². The van der Waals surface area contributed by atoms with Gasteiger partial charge in [0.15, 0.2) is 0 Å². The van der Waals surface area contributed by atoms with Gasteiger partial charge in [-0.3, -0.25) is 0 Å². The molecular formula is C24H42N2O2S. The third kappa shape index (κ3) is 9.54. The molecule has 0 spiro atoms. The summed E-state index contributed by atoms with van der Waals surface area (Å²) in [6, 6.07) is 8.41. The Balaban J connectivity index is 0.000000291. The first-order valence-electron chi connectivity index (χ1n) is 10.8. The van der Waals surface area contributed by atoms with Crippen molar-refractivity contribution < 1.29 is 9.53 Å². The first-order valence-corrected chi connectivity index (χ1v) is 11.6. The molecule has 1 aromatic rings. The van der Waals surface area contributed by atoms with Crippen LogP contribution in [0.2, 0.25) is 0 Å². The molecule has 2 unspecified atom stereocenters. The molecule has 5 heteroatoms. The topological polar surface area (TPSA) is 50.4 Å². The van der Waals surface area contributed by atoms with Gasteiger partial charge < -0.3 is 14.8 Å². The van der Waals surface area contributed by atoms with Gasteiger partial charge in [0.05, 0.1) is 12.6 Å². The molecule has 0 aliphatic heterocycles. The van der Waals surface area contributed by atoms with E-state index in [1.54, 1.807) is 7.11 Å². The SMILES string of the molecule is CNC1C(C)CC(CC(C)C)CC1C.COc1ccc(SNC(C)(C)C=O)cc1. The Morgan fingerprint density at radius 3 is 2.14 bits per heavy atom. The number of ether oxygens (including phenoxy) is 1. The van der Waals surface area contributed by atoms with E-state index in [9.17, 15) is 4.79 Å². The van der Waals surface area contributed by atoms with Crippen LogP contribution in [-0.4, -0.2) is 32.0 Å². The maximum atomic E-state index is 10.7. The van der Waals surface area contributed by atoms with Gasteiger partial charge in [0, 0.05) is 10.9 Å². The van der Waals surface area contributed by atoms with Crippen molar-refractivity contribution in [3.8, 4) is 5.75 Å². The second-order valence-corrected chi connectivity index (χ2v) is 10.3. The number of carbonyl (C=O) groups excluding carboxylic acids is 1. The molecule has 29 heavy (non-hydrogen) atoms. The van der Waals surface area contributed by atoms with Crippen molar-refractivity contribution in [2.24, 2.45) is 23.7 Å². The van der Waals surface area contributed by atoms with E-state index < -0.39 is 5.54 Å². The van der Waals surface area contributed by atoms with Crippen LogP contribution in [-0.2, 0) is 4.79 Å². The highest BCUT2D eigenvalue weighted by molar-refractivity contribution is 7.97. The van der Waals surface area contributed by atoms with Crippen molar-refractivity contribution in [3.05, 3.63) is 24.3 Å². The Bertz CT molecular complexity index is 577. The van der Waals surface area contributed by atoms with E-state index in [4.69, 9.17) is 4.74 Å². The molecule has 166 valence electrons. The summed E-state index contributed by atoms with van der Waals surface area (Å²) in [6.45, 7) is 13.2. The van der Waals surface area contributed by atoms with Crippen LogP contribution < -0.4 is 14.8 Å². The van der Waals surface area contributed by atoms with Gasteiger partial charge in [-0.05, 0) is 100 Å². The lowest BCUT2D eigenvalue weighted by Crippen LogP contribution is -2.43. The standard InChI is InChI=1S/C13H27N.C11H15NO2S/c1-9(2)6-12-7-10(3)13(14-5)11(4)8-12;1-11(2,8-13)12-15-10-6-4-9(14-3)5-7-10/h9-14H,6-8H2,1-5H3;4-8,12H,1-3H3. The fraction of sp³-hybridized carbons (Fsp3) is 0.708. The van der Waals surface area contributed by atoms with Crippen LogP contribution in [0.15, 0.2) is 29.2 Å². The van der Waals surface area contributed by atoms with Crippen molar-refractivity contribution >= 4 is 18.2 Å². The van der Waals surface area contributed by atoms with Crippen LogP contribution in [0.5, 0.6) is 5.75 Å². The minimum absolute atomic E-state index is 0.509. The molecule has 0 saturated heterocycles. The zero-order valence-corrected chi connectivity index (χ0v) is 20.4. The molecule has 1 saturated carbocycles. The van der Waals surface area contributed by atoms with Crippen molar-refractivity contribution in [1.82, 2.24) is 10.0 Å². The number of rotatable bonds is 8. The van der Waals surface area contributed by atoms with Crippen LogP contribution in [0, 0.1) is 23.7 Å². The highest BCUT2D eigenvalue weighted by Crippen LogP contribution is 2.36. The van der Waals surface area contributed by atoms with Gasteiger partial charge in [0.25, 0.3) is 0 Å². The lowest BCUT2D eigenvalue weighted by molar-refractivity contribution is -0.111. The van der Waals surface area contributed by atoms with Gasteiger partial charge in [-0.25, -0.2) is 4.72 Å². The normalized spacial score (nSPS) is 24.6. The maximum absolute atomic E-state index is 10.7. The molecule has 2 rings (SSSR count). The first kappa shape index (κ1) is 26.0. The predicted octanol–water partition coefficient (Wildman–Crippen LogP) is 5.57. The minimum atomic E-state index is -0.509. The van der Waals surface area contributed by atoms with Gasteiger partial charge >= 0.3 is 0 Å². The zero-order valence-electron chi connectivity index (χ0n) is 19.6. The van der Waals surface area contributed by atoms with E-state index in [0.717, 1.165) is 46.6 Å². The van der Waals surface area contributed by atoms with E-state index >= 15 is 0 Å². The van der Waals surface area contributed by atoms with Crippen molar-refractivity contribution in [3.63, 3.8) is 0 Å². The fourth-order valence-electron chi connectivity index (χ4n) is 4.29. The van der Waals surface area contributed by atoms with Crippen LogP contribution in [0.25, 0.3) is 0 Å². The van der Waals surface area contributed by atoms with Crippen molar-refractivity contribution in [2.45, 2.75) is 77.3 Å². The molecule has 4 nitrogen and oxygen atoms in total. The van der Waals surface area contributed by atoms with E-state index in [0.29, 0.717) is 0 Å². The summed E-state index contributed by atoms with van der Waals surface area (Å²) in [5.74, 6) is 4.38. The van der Waals surface area contributed by atoms with Gasteiger partial charge in [-0.2, -0.15) is 0 Å². The Kier molecular flexibility index (Phi) is 11.3. The lowest BCUT2D eigenvalue weighted by Gasteiger charge is -2.39. The molecule has 0 amide bonds. The summed E-state index contributed by atoms with van der Waals surface area (Å²) in [5.41, 5.74) is -0.509. The van der Waals surface area contributed by atoms with Crippen molar-refractivity contribution in [1.29, 1.82) is 0 Å². The monoisotopic (exact) mass is 422 g/mol. The van der Waals surface area contributed by atoms with Gasteiger partial charge in [-0.1, -0.05) is 27.7 Å². The smallest absolute Gasteiger partial charge is 0.140 e. The predicted molar refractivity (Wildman–Crippen MR) is 125 cm³/mol. The van der Waals surface area contributed by atoms with Gasteiger partial charge in [0.2, 0.25) is 0 Å². The summed E-state index contributed by atoms with van der Waals surface area (Å²) >= 11 is 1.43. The third-order valence-corrected chi connectivity index (χ3v) is 6.70. The molecular weight excluding hydrogens is 380 g/mol. The first-order chi connectivity index (χ1) is 13.6. The Labute approximate surface area is 183 Å². The second kappa shape index (κ2) is 12.6. The number of hydrogen-bond donors (Lipinski definition) is 2. The average Bonchev–Trinajstić information content (AvgIpc) is 2.67. The van der Waals surface area contributed by atoms with Crippen LogP contribution >= 0.6 is 11.9 Å². The largest absolute Gasteiger partial charge is 0.497 e. The molecule has 1 aliphatic carbocycles. The summed E-state index contributed by atoms with van der Waals surface area (Å²) < 4.78 is 8.12. The number of nitrogens with one attached hydrogen (secondary N) is 2. The van der Waals surface area contributed by atoms with Crippen LogP contribution in [0.3, 0.4) is 0 Å². The molecule has 1 aliphatic rings. The molecule has 0 bridgehead atoms. The number of methoxy groups -OCH3 is 1. The molecule has 0 aromatic heterocycles. The highest BCUT2D eigenvalue weighted by Gasteiger charge is 2.31. The summed E-state index contributed by atoms with van der Waals surface area (Å²) in [4.78, 5) is 11.7. The van der Waals surface area contributed by atoms with E-state index in [2.05, 4.69) is 44.8 Å². The fourth-order valence-corrected chi connectivity index (χ4v) is 4.99. The number of hydrogen-bond acceptors (Lipinski definition) is 5. The van der Waals surface area contributed by atoms with E-state index in [1.165, 1.54) is 31.2 Å². The van der Waals surface area contributed by atoms with Crippen LogP contribution in [0.1, 0.15) is 60.8 Å². The number of carbonyl (C=O) groups is 1. The highest BCUT2D eigenvalue weighted by atomic mass is 32.2. The van der Waals surface area contributed by atoms with Crippen molar-refractivity contribution in [2.75, 3.05) is 14.2 Å². The zero-order chi connectivity index (χ0) is 22.0. The molecule has 0 heterocycles. The third-order valence-electron chi connectivity index (χ3n) is 5.56. The summed E-state index contributed by atoms with van der Waals surface area (Å²) in [6.07, 6.45) is 5.16. The molecule has 1 aromatic carbocycles. The number of aldehydes is 1. The Morgan fingerprint density at radius 2 is 1.72 bits per heavy atom. The summed E-state index contributed by atoms with van der Waals surface area (Å²) in [5, 5.41) is 3.48. The molecule has 0 radical (unpaired) electrons. The minimum Gasteiger partial charge on any atom is -0.497 e. The second-order valence-electron chi connectivity index (χ2n) is 9.46. The maximum Gasteiger partial charge on any atom is 0.140 e. The average molecular weight is 423 g/mol. The molecule has 1 fully saturated rings. The van der Waals surface area contributed by atoms with Crippen LogP contribution in [0.4, 0.5) is 0 Å². The quantitative estimate of drug-likeness (QED) is 0.423. The molecule has 2 N–H and O–H groups in total. The van der Waals surface area contributed by atoms with E-state index in [-0.39, 0.29) is 0 Å². The Hall–Kier alpha value is -1.04. The summed E-state index contributed by atoms with van der Waals surface area (Å²) in [7, 11) is 3.75. The number of benzene rings is 1. The van der Waals surface area contributed by atoms with E-state index in [1.807, 2.05) is 38.1 Å². The Morgan fingerprint density at radius 1 is 1.17 bits per heavy atom. The molecule has 2 atom stereocenters. The van der Waals surface area contributed by atoms with Gasteiger partial charge in [0.1, 0.15) is 12.0 Å². The lowest BCUT2D eigenvalue weighted by atomic mass is 9.71.